The summed E-state index contributed by atoms with van der Waals surface area (Å²) in [6, 6.07) is 5.95. The van der Waals surface area contributed by atoms with Gasteiger partial charge in [-0.25, -0.2) is 0 Å². The Balaban J connectivity index is 2.18. The second-order valence-corrected chi connectivity index (χ2v) is 5.73. The van der Waals surface area contributed by atoms with E-state index in [1.807, 2.05) is 25.1 Å². The number of hydrogen-bond acceptors (Lipinski definition) is 4. The van der Waals surface area contributed by atoms with Gasteiger partial charge < -0.3 is 19.9 Å². The molecule has 4 nitrogen and oxygen atoms in total. The average Bonchev–Trinajstić information content (AvgIpc) is 2.47. The first-order valence-corrected chi connectivity index (χ1v) is 7.24. The lowest BCUT2D eigenvalue weighted by Gasteiger charge is -2.32. The Hall–Kier alpha value is -1.26. The van der Waals surface area contributed by atoms with E-state index in [1.165, 1.54) is 12.8 Å². The van der Waals surface area contributed by atoms with Gasteiger partial charge in [-0.05, 0) is 50.4 Å². The fourth-order valence-electron chi connectivity index (χ4n) is 2.81. The summed E-state index contributed by atoms with van der Waals surface area (Å²) in [4.78, 5) is 0. The van der Waals surface area contributed by atoms with Crippen LogP contribution in [0.1, 0.15) is 38.2 Å². The van der Waals surface area contributed by atoms with Gasteiger partial charge in [-0.1, -0.05) is 6.42 Å². The molecule has 0 aromatic heterocycles. The number of piperidine rings is 1. The Bertz CT molecular complexity index is 417. The number of ether oxygens (including phenoxy) is 2. The van der Waals surface area contributed by atoms with Crippen LogP contribution in [0.2, 0.25) is 0 Å². The van der Waals surface area contributed by atoms with Crippen molar-refractivity contribution < 1.29 is 14.6 Å². The van der Waals surface area contributed by atoms with E-state index in [0.717, 1.165) is 18.5 Å². The third-order valence-corrected chi connectivity index (χ3v) is 4.03. The van der Waals surface area contributed by atoms with Crippen LogP contribution in [0, 0.1) is 0 Å². The molecule has 0 aliphatic carbocycles. The van der Waals surface area contributed by atoms with Gasteiger partial charge in [0, 0.05) is 12.1 Å². The Morgan fingerprint density at radius 1 is 1.20 bits per heavy atom. The Morgan fingerprint density at radius 2 is 1.85 bits per heavy atom. The molecule has 112 valence electrons. The molecule has 0 amide bonds. The topological polar surface area (TPSA) is 50.7 Å². The van der Waals surface area contributed by atoms with Crippen molar-refractivity contribution in [3.8, 4) is 11.5 Å². The van der Waals surface area contributed by atoms with E-state index in [1.54, 1.807) is 14.2 Å². The summed E-state index contributed by atoms with van der Waals surface area (Å²) < 4.78 is 10.6. The summed E-state index contributed by atoms with van der Waals surface area (Å²) in [7, 11) is 3.24. The lowest BCUT2D eigenvalue weighted by Crippen LogP contribution is -2.39. The molecule has 20 heavy (non-hydrogen) atoms. The van der Waals surface area contributed by atoms with Crippen LogP contribution in [-0.4, -0.2) is 31.9 Å². The van der Waals surface area contributed by atoms with Crippen molar-refractivity contribution in [2.45, 2.75) is 44.2 Å². The van der Waals surface area contributed by atoms with Crippen molar-refractivity contribution in [2.24, 2.45) is 0 Å². The Morgan fingerprint density at radius 3 is 2.35 bits per heavy atom. The minimum atomic E-state index is -0.892. The minimum absolute atomic E-state index is 0.371. The van der Waals surface area contributed by atoms with E-state index in [4.69, 9.17) is 9.47 Å². The molecule has 1 heterocycles. The number of nitrogens with one attached hydrogen (secondary N) is 1. The van der Waals surface area contributed by atoms with Crippen molar-refractivity contribution in [2.75, 3.05) is 20.8 Å². The standard InChI is InChI=1S/C16H25NO3/c1-16(18,11-13-6-4-5-7-17-13)12-8-14(19-2)10-15(9-12)20-3/h8-10,13,17-18H,4-7,11H2,1-3H3. The van der Waals surface area contributed by atoms with Gasteiger partial charge >= 0.3 is 0 Å². The lowest BCUT2D eigenvalue weighted by atomic mass is 9.86. The first-order valence-electron chi connectivity index (χ1n) is 7.24. The minimum Gasteiger partial charge on any atom is -0.497 e. The summed E-state index contributed by atoms with van der Waals surface area (Å²) >= 11 is 0. The normalized spacial score (nSPS) is 22.1. The van der Waals surface area contributed by atoms with Crippen LogP contribution in [-0.2, 0) is 5.60 Å². The third kappa shape index (κ3) is 3.64. The molecule has 1 aliphatic rings. The number of hydrogen-bond donors (Lipinski definition) is 2. The predicted octanol–water partition coefficient (Wildman–Crippen LogP) is 2.44. The smallest absolute Gasteiger partial charge is 0.122 e. The molecule has 2 unspecified atom stereocenters. The molecule has 2 atom stereocenters. The molecule has 1 aliphatic heterocycles. The van der Waals surface area contributed by atoms with Gasteiger partial charge in [-0.3, -0.25) is 0 Å². The highest BCUT2D eigenvalue weighted by molar-refractivity contribution is 5.40. The molecule has 0 bridgehead atoms. The summed E-state index contributed by atoms with van der Waals surface area (Å²) in [5.74, 6) is 1.41. The van der Waals surface area contributed by atoms with Crippen molar-refractivity contribution in [1.82, 2.24) is 5.32 Å². The van der Waals surface area contributed by atoms with Gasteiger partial charge in [-0.15, -0.1) is 0 Å². The summed E-state index contributed by atoms with van der Waals surface area (Å²) in [5, 5.41) is 14.3. The first kappa shape index (κ1) is 15.1. The molecule has 0 radical (unpaired) electrons. The van der Waals surface area contributed by atoms with Gasteiger partial charge in [-0.2, -0.15) is 0 Å². The van der Waals surface area contributed by atoms with Gasteiger partial charge in [0.05, 0.1) is 19.8 Å². The number of benzene rings is 1. The van der Waals surface area contributed by atoms with E-state index < -0.39 is 5.60 Å². The molecular formula is C16H25NO3. The highest BCUT2D eigenvalue weighted by Gasteiger charge is 2.29. The lowest BCUT2D eigenvalue weighted by molar-refractivity contribution is 0.0328. The van der Waals surface area contributed by atoms with E-state index in [-0.39, 0.29) is 0 Å². The van der Waals surface area contributed by atoms with E-state index in [0.29, 0.717) is 24.0 Å². The Labute approximate surface area is 121 Å². The second kappa shape index (κ2) is 6.46. The van der Waals surface area contributed by atoms with Gasteiger partial charge in [0.25, 0.3) is 0 Å². The highest BCUT2D eigenvalue weighted by Crippen LogP contribution is 2.33. The zero-order valence-corrected chi connectivity index (χ0v) is 12.6. The maximum absolute atomic E-state index is 10.8. The van der Waals surface area contributed by atoms with Gasteiger partial charge in [0.1, 0.15) is 11.5 Å². The predicted molar refractivity (Wildman–Crippen MR) is 79.4 cm³/mol. The fourth-order valence-corrected chi connectivity index (χ4v) is 2.81. The number of rotatable bonds is 5. The molecule has 4 heteroatoms. The van der Waals surface area contributed by atoms with Crippen LogP contribution in [0.15, 0.2) is 18.2 Å². The molecule has 1 saturated heterocycles. The SMILES string of the molecule is COc1cc(OC)cc(C(C)(O)CC2CCCCN2)c1. The molecular weight excluding hydrogens is 254 g/mol. The molecule has 1 aromatic rings. The molecule has 2 N–H and O–H groups in total. The van der Waals surface area contributed by atoms with Crippen molar-refractivity contribution in [3.63, 3.8) is 0 Å². The van der Waals surface area contributed by atoms with Crippen LogP contribution in [0.3, 0.4) is 0 Å². The Kier molecular flexibility index (Phi) is 4.89. The largest absolute Gasteiger partial charge is 0.497 e. The van der Waals surface area contributed by atoms with Crippen LogP contribution in [0.5, 0.6) is 11.5 Å². The zero-order chi connectivity index (χ0) is 14.6. The number of methoxy groups -OCH3 is 2. The third-order valence-electron chi connectivity index (χ3n) is 4.03. The summed E-state index contributed by atoms with van der Waals surface area (Å²) in [6.45, 7) is 2.90. The molecule has 1 fully saturated rings. The highest BCUT2D eigenvalue weighted by atomic mass is 16.5. The van der Waals surface area contributed by atoms with Crippen LogP contribution in [0.4, 0.5) is 0 Å². The number of aliphatic hydroxyl groups is 1. The van der Waals surface area contributed by atoms with Crippen LogP contribution >= 0.6 is 0 Å². The van der Waals surface area contributed by atoms with Gasteiger partial charge in [0.15, 0.2) is 0 Å². The van der Waals surface area contributed by atoms with Crippen LogP contribution in [0.25, 0.3) is 0 Å². The molecule has 2 rings (SSSR count). The van der Waals surface area contributed by atoms with Crippen molar-refractivity contribution in [3.05, 3.63) is 23.8 Å². The molecule has 1 aromatic carbocycles. The van der Waals surface area contributed by atoms with Crippen LogP contribution < -0.4 is 14.8 Å². The maximum Gasteiger partial charge on any atom is 0.122 e. The quantitative estimate of drug-likeness (QED) is 0.869. The fraction of sp³-hybridized carbons (Fsp3) is 0.625. The van der Waals surface area contributed by atoms with Crippen molar-refractivity contribution >= 4 is 0 Å². The van der Waals surface area contributed by atoms with Crippen molar-refractivity contribution in [1.29, 1.82) is 0 Å². The van der Waals surface area contributed by atoms with E-state index in [2.05, 4.69) is 5.32 Å². The van der Waals surface area contributed by atoms with E-state index >= 15 is 0 Å². The summed E-state index contributed by atoms with van der Waals surface area (Å²) in [5.41, 5.74) is -0.0577. The maximum atomic E-state index is 10.8. The van der Waals surface area contributed by atoms with Gasteiger partial charge in [0.2, 0.25) is 0 Å². The summed E-state index contributed by atoms with van der Waals surface area (Å²) in [6.07, 6.45) is 4.28. The zero-order valence-electron chi connectivity index (χ0n) is 12.6. The monoisotopic (exact) mass is 279 g/mol. The van der Waals surface area contributed by atoms with E-state index in [9.17, 15) is 5.11 Å². The first-order chi connectivity index (χ1) is 9.55. The second-order valence-electron chi connectivity index (χ2n) is 5.73. The molecule has 0 spiro atoms. The molecule has 0 saturated carbocycles. The average molecular weight is 279 g/mol.